The topological polar surface area (TPSA) is 124 Å². The van der Waals surface area contributed by atoms with Gasteiger partial charge in [0.15, 0.2) is 0 Å². The number of benzene rings is 2. The van der Waals surface area contributed by atoms with Crippen LogP contribution in [-0.4, -0.2) is 35.0 Å². The van der Waals surface area contributed by atoms with Crippen molar-refractivity contribution >= 4 is 18.2 Å². The second-order valence-corrected chi connectivity index (χ2v) is 9.97. The number of alkyl carbamates (subject to hydrolysis) is 1. The fourth-order valence-electron chi connectivity index (χ4n) is 3.07. The summed E-state index contributed by atoms with van der Waals surface area (Å²) in [6.07, 6.45) is -2.22. The highest BCUT2D eigenvalue weighted by atomic mass is 16.7. The van der Waals surface area contributed by atoms with Gasteiger partial charge in [-0.3, -0.25) is 0 Å². The molecule has 1 amide bonds. The van der Waals surface area contributed by atoms with Gasteiger partial charge in [-0.2, -0.15) is 5.26 Å². The van der Waals surface area contributed by atoms with E-state index in [1.807, 2.05) is 0 Å². The van der Waals surface area contributed by atoms with Crippen molar-refractivity contribution < 1.29 is 33.3 Å². The minimum absolute atomic E-state index is 0.162. The molecule has 36 heavy (non-hydrogen) atoms. The third-order valence-corrected chi connectivity index (χ3v) is 4.51. The number of amides is 1. The van der Waals surface area contributed by atoms with Crippen molar-refractivity contribution in [3.8, 4) is 6.07 Å². The molecule has 0 spiro atoms. The van der Waals surface area contributed by atoms with Gasteiger partial charge in [-0.15, -0.1) is 0 Å². The van der Waals surface area contributed by atoms with Crippen LogP contribution in [0.1, 0.15) is 58.7 Å². The minimum atomic E-state index is -2.64. The van der Waals surface area contributed by atoms with E-state index < -0.39 is 41.1 Å². The van der Waals surface area contributed by atoms with Crippen molar-refractivity contribution in [1.82, 2.24) is 5.32 Å². The van der Waals surface area contributed by atoms with Gasteiger partial charge < -0.3 is 24.3 Å². The molecule has 0 heterocycles. The molecule has 0 aliphatic rings. The van der Waals surface area contributed by atoms with Crippen LogP contribution in [0.4, 0.5) is 9.59 Å². The lowest BCUT2D eigenvalue weighted by Crippen LogP contribution is -2.56. The Balaban J connectivity index is 2.50. The largest absolute Gasteiger partial charge is 0.510 e. The molecule has 0 aliphatic carbocycles. The van der Waals surface area contributed by atoms with Crippen LogP contribution in [0.2, 0.25) is 0 Å². The summed E-state index contributed by atoms with van der Waals surface area (Å²) < 4.78 is 21.4. The fourth-order valence-corrected chi connectivity index (χ4v) is 3.07. The normalized spacial score (nSPS) is 13.8. The summed E-state index contributed by atoms with van der Waals surface area (Å²) in [5.41, 5.74) is -3.59. The van der Waals surface area contributed by atoms with Crippen LogP contribution < -0.4 is 5.32 Å². The van der Waals surface area contributed by atoms with E-state index in [1.165, 1.54) is 0 Å². The molecule has 0 saturated heterocycles. The van der Waals surface area contributed by atoms with E-state index >= 15 is 0 Å². The van der Waals surface area contributed by atoms with Crippen LogP contribution in [0.5, 0.6) is 0 Å². The van der Waals surface area contributed by atoms with E-state index in [0.717, 1.165) is 0 Å². The van der Waals surface area contributed by atoms with Crippen molar-refractivity contribution in [2.75, 3.05) is 0 Å². The van der Waals surface area contributed by atoms with E-state index in [1.54, 1.807) is 108 Å². The first-order chi connectivity index (χ1) is 16.8. The van der Waals surface area contributed by atoms with Gasteiger partial charge in [0, 0.05) is 0 Å². The van der Waals surface area contributed by atoms with Gasteiger partial charge in [0.1, 0.15) is 29.9 Å². The van der Waals surface area contributed by atoms with Crippen LogP contribution in [0.3, 0.4) is 0 Å². The zero-order chi connectivity index (χ0) is 27.0. The van der Waals surface area contributed by atoms with E-state index in [4.69, 9.17) is 18.9 Å². The molecule has 9 heteroatoms. The Morgan fingerprint density at radius 1 is 0.833 bits per heavy atom. The van der Waals surface area contributed by atoms with Crippen LogP contribution in [0, 0.1) is 11.3 Å². The highest BCUT2D eigenvalue weighted by Crippen LogP contribution is 2.33. The Bertz CT molecular complexity index is 1080. The predicted molar refractivity (Wildman–Crippen MR) is 130 cm³/mol. The van der Waals surface area contributed by atoms with Gasteiger partial charge in [-0.05, 0) is 52.7 Å². The summed E-state index contributed by atoms with van der Waals surface area (Å²) in [4.78, 5) is 38.9. The number of nitrogens with one attached hydrogen (secondary N) is 1. The average Bonchev–Trinajstić information content (AvgIpc) is 2.79. The molecule has 2 aromatic carbocycles. The van der Waals surface area contributed by atoms with Gasteiger partial charge in [0.05, 0.1) is 0 Å². The quantitative estimate of drug-likeness (QED) is 0.409. The number of nitriles is 1. The van der Waals surface area contributed by atoms with Crippen LogP contribution in [0.15, 0.2) is 60.7 Å². The molecule has 0 aliphatic heterocycles. The number of carbonyl (C=O) groups is 3. The molecule has 0 unspecified atom stereocenters. The Morgan fingerprint density at radius 3 is 1.86 bits per heavy atom. The highest BCUT2D eigenvalue weighted by Gasteiger charge is 2.55. The van der Waals surface area contributed by atoms with E-state index in [2.05, 4.69) is 5.32 Å². The molecule has 9 nitrogen and oxygen atoms in total. The Morgan fingerprint density at radius 2 is 1.36 bits per heavy atom. The Kier molecular flexibility index (Phi) is 9.06. The van der Waals surface area contributed by atoms with Crippen molar-refractivity contribution in [3.05, 3.63) is 71.8 Å². The third-order valence-electron chi connectivity index (χ3n) is 4.51. The number of hydrogen-bond acceptors (Lipinski definition) is 8. The lowest BCUT2D eigenvalue weighted by atomic mass is 9.89. The fraction of sp³-hybridized carbons (Fsp3) is 0.407. The summed E-state index contributed by atoms with van der Waals surface area (Å²) in [6.45, 7) is 9.61. The zero-order valence-corrected chi connectivity index (χ0v) is 21.4. The Labute approximate surface area is 211 Å². The molecule has 0 radical (unpaired) electrons. The number of ether oxygens (including phenoxy) is 4. The molecular formula is C27H32N2O7. The molecule has 1 N–H and O–H groups in total. The van der Waals surface area contributed by atoms with Crippen LogP contribution >= 0.6 is 0 Å². The summed E-state index contributed by atoms with van der Waals surface area (Å²) in [7, 11) is 0. The molecule has 0 aromatic heterocycles. The Hall–Kier alpha value is -4.06. The third kappa shape index (κ3) is 8.31. The van der Waals surface area contributed by atoms with Gasteiger partial charge in [0.2, 0.25) is 0 Å². The minimum Gasteiger partial charge on any atom is -0.456 e. The summed E-state index contributed by atoms with van der Waals surface area (Å²) in [5, 5.41) is 12.8. The molecule has 0 bridgehead atoms. The molecule has 0 fully saturated rings. The first kappa shape index (κ1) is 28.2. The van der Waals surface area contributed by atoms with Crippen LogP contribution in [0.25, 0.3) is 0 Å². The first-order valence-corrected chi connectivity index (χ1v) is 11.3. The molecule has 0 saturated carbocycles. The van der Waals surface area contributed by atoms with Gasteiger partial charge >= 0.3 is 23.8 Å². The maximum Gasteiger partial charge on any atom is 0.510 e. The summed E-state index contributed by atoms with van der Waals surface area (Å²) in [6, 6.07) is 17.2. The summed E-state index contributed by atoms with van der Waals surface area (Å²) >= 11 is 0. The van der Waals surface area contributed by atoms with Crippen LogP contribution in [-0.2, 0) is 30.3 Å². The van der Waals surface area contributed by atoms with Gasteiger partial charge in [-0.25, -0.2) is 14.4 Å². The molecule has 2 rings (SSSR count). The maximum absolute atomic E-state index is 13.4. The molecule has 2 atom stereocenters. The lowest BCUT2D eigenvalue weighted by molar-refractivity contribution is -0.176. The number of nitrogens with zero attached hydrogens (tertiary/aromatic N) is 1. The summed E-state index contributed by atoms with van der Waals surface area (Å²) in [5.74, 6) is -1.18. The second-order valence-electron chi connectivity index (χ2n) is 9.97. The SMILES string of the molecule is CC(C)(C)OC(=O)N[C@H](c1ccccc1)[C@](C#N)(OC(=O)OCc1ccccc1)C(=O)OC(C)(C)C. The first-order valence-electron chi connectivity index (χ1n) is 11.3. The van der Waals surface area contributed by atoms with E-state index in [-0.39, 0.29) is 6.61 Å². The van der Waals surface area contributed by atoms with Crippen molar-refractivity contribution in [2.45, 2.75) is 71.0 Å². The molecule has 2 aromatic rings. The zero-order valence-electron chi connectivity index (χ0n) is 21.4. The smallest absolute Gasteiger partial charge is 0.456 e. The average molecular weight is 497 g/mol. The van der Waals surface area contributed by atoms with Crippen molar-refractivity contribution in [3.63, 3.8) is 0 Å². The number of hydrogen-bond donors (Lipinski definition) is 1. The number of carbonyl (C=O) groups excluding carboxylic acids is 3. The maximum atomic E-state index is 13.4. The molecule has 192 valence electrons. The molecular weight excluding hydrogens is 464 g/mol. The van der Waals surface area contributed by atoms with Gasteiger partial charge in [-0.1, -0.05) is 60.7 Å². The standard InChI is InChI=1S/C27H32N2O7/c1-25(2,3)34-22(30)27(18-28,36-24(32)33-17-19-13-9-7-10-14-19)21(20-15-11-8-12-16-20)29-23(31)35-26(4,5)6/h7-16,21H,17H2,1-6H3,(H,29,31)/t21-,27+/m1/s1. The number of rotatable bonds is 7. The number of esters is 1. The van der Waals surface area contributed by atoms with Gasteiger partial charge in [0.25, 0.3) is 0 Å². The second kappa shape index (κ2) is 11.6. The lowest BCUT2D eigenvalue weighted by Gasteiger charge is -2.35. The van der Waals surface area contributed by atoms with Crippen molar-refractivity contribution in [1.29, 1.82) is 5.26 Å². The van der Waals surface area contributed by atoms with Crippen molar-refractivity contribution in [2.24, 2.45) is 0 Å². The highest BCUT2D eigenvalue weighted by molar-refractivity contribution is 5.88. The predicted octanol–water partition coefficient (Wildman–Crippen LogP) is 5.21. The van der Waals surface area contributed by atoms with E-state index in [0.29, 0.717) is 11.1 Å². The van der Waals surface area contributed by atoms with E-state index in [9.17, 15) is 19.6 Å². The monoisotopic (exact) mass is 496 g/mol.